The predicted molar refractivity (Wildman–Crippen MR) is 96.8 cm³/mol. The van der Waals surface area contributed by atoms with Crippen molar-refractivity contribution < 1.29 is 14.6 Å². The standard InChI is InChI=1S/C19H20Cl2O3/c1-12(19(22)23)10-17(14-4-3-5-16(21)11-14)18(24-2)13-6-8-15(20)9-7-13/h3-9,11-12,17-18H,10H2,1-2H3,(H,22,23). The first-order valence-electron chi connectivity index (χ1n) is 7.69. The van der Waals surface area contributed by atoms with Crippen molar-refractivity contribution in [1.29, 1.82) is 0 Å². The van der Waals surface area contributed by atoms with Gasteiger partial charge in [-0.15, -0.1) is 0 Å². The Kier molecular flexibility index (Phi) is 6.67. The Labute approximate surface area is 152 Å². The highest BCUT2D eigenvalue weighted by Crippen LogP contribution is 2.39. The van der Waals surface area contributed by atoms with Gasteiger partial charge in [-0.05, 0) is 41.8 Å². The van der Waals surface area contributed by atoms with Crippen molar-refractivity contribution in [2.45, 2.75) is 25.4 Å². The normalized spacial score (nSPS) is 14.8. The van der Waals surface area contributed by atoms with Gasteiger partial charge in [0.15, 0.2) is 0 Å². The second-order valence-corrected chi connectivity index (χ2v) is 6.72. The molecular formula is C19H20Cl2O3. The molecule has 0 saturated heterocycles. The summed E-state index contributed by atoms with van der Waals surface area (Å²) in [7, 11) is 1.63. The molecule has 2 aromatic rings. The fourth-order valence-electron chi connectivity index (χ4n) is 2.84. The summed E-state index contributed by atoms with van der Waals surface area (Å²) in [4.78, 5) is 11.3. The Hall–Kier alpha value is -1.55. The third kappa shape index (κ3) is 4.73. The number of halogens is 2. The second-order valence-electron chi connectivity index (χ2n) is 5.84. The van der Waals surface area contributed by atoms with E-state index in [-0.39, 0.29) is 12.0 Å². The molecule has 2 rings (SSSR count). The Morgan fingerprint density at radius 2 is 1.75 bits per heavy atom. The number of carboxylic acids is 1. The number of hydrogen-bond acceptors (Lipinski definition) is 2. The van der Waals surface area contributed by atoms with Crippen molar-refractivity contribution in [2.24, 2.45) is 5.92 Å². The molecule has 24 heavy (non-hydrogen) atoms. The highest BCUT2D eigenvalue weighted by molar-refractivity contribution is 6.30. The second kappa shape index (κ2) is 8.52. The van der Waals surface area contributed by atoms with Gasteiger partial charge in [0.2, 0.25) is 0 Å². The van der Waals surface area contributed by atoms with Crippen molar-refractivity contribution in [3.05, 3.63) is 69.7 Å². The minimum absolute atomic E-state index is 0.138. The molecule has 0 aliphatic heterocycles. The molecule has 5 heteroatoms. The number of carboxylic acid groups (broad SMARTS) is 1. The number of hydrogen-bond donors (Lipinski definition) is 1. The average molecular weight is 367 g/mol. The van der Waals surface area contributed by atoms with Gasteiger partial charge in [-0.3, -0.25) is 4.79 Å². The lowest BCUT2D eigenvalue weighted by Gasteiger charge is -2.28. The van der Waals surface area contributed by atoms with E-state index in [2.05, 4.69) is 0 Å². The Morgan fingerprint density at radius 1 is 1.08 bits per heavy atom. The molecule has 128 valence electrons. The van der Waals surface area contributed by atoms with Crippen LogP contribution >= 0.6 is 23.2 Å². The van der Waals surface area contributed by atoms with Crippen LogP contribution in [0, 0.1) is 5.92 Å². The summed E-state index contributed by atoms with van der Waals surface area (Å²) in [6.07, 6.45) is 0.152. The smallest absolute Gasteiger partial charge is 0.306 e. The maximum absolute atomic E-state index is 11.3. The molecule has 0 aliphatic carbocycles. The van der Waals surface area contributed by atoms with E-state index in [1.54, 1.807) is 32.2 Å². The largest absolute Gasteiger partial charge is 0.481 e. The molecule has 3 nitrogen and oxygen atoms in total. The number of benzene rings is 2. The van der Waals surface area contributed by atoms with Gasteiger partial charge in [0.1, 0.15) is 0 Å². The molecule has 3 atom stereocenters. The van der Waals surface area contributed by atoms with Crippen LogP contribution in [0.4, 0.5) is 0 Å². The molecule has 0 bridgehead atoms. The van der Waals surface area contributed by atoms with Gasteiger partial charge in [-0.25, -0.2) is 0 Å². The van der Waals surface area contributed by atoms with Crippen LogP contribution in [0.2, 0.25) is 10.0 Å². The predicted octanol–water partition coefficient (Wildman–Crippen LogP) is 5.58. The summed E-state index contributed by atoms with van der Waals surface area (Å²) >= 11 is 12.1. The zero-order valence-corrected chi connectivity index (χ0v) is 15.1. The van der Waals surface area contributed by atoms with Gasteiger partial charge in [-0.2, -0.15) is 0 Å². The Balaban J connectivity index is 2.42. The molecule has 0 aromatic heterocycles. The Morgan fingerprint density at radius 3 is 2.29 bits per heavy atom. The lowest BCUT2D eigenvalue weighted by atomic mass is 9.82. The molecule has 0 heterocycles. The van der Waals surface area contributed by atoms with E-state index < -0.39 is 11.9 Å². The van der Waals surface area contributed by atoms with Crippen LogP contribution in [0.1, 0.15) is 36.5 Å². The van der Waals surface area contributed by atoms with Gasteiger partial charge in [0.25, 0.3) is 0 Å². The zero-order valence-electron chi connectivity index (χ0n) is 13.6. The van der Waals surface area contributed by atoms with E-state index in [0.29, 0.717) is 16.5 Å². The number of methoxy groups -OCH3 is 1. The lowest BCUT2D eigenvalue weighted by Crippen LogP contribution is -2.20. The zero-order chi connectivity index (χ0) is 17.7. The van der Waals surface area contributed by atoms with Crippen molar-refractivity contribution >= 4 is 29.2 Å². The Bertz CT molecular complexity index is 685. The van der Waals surface area contributed by atoms with Crippen LogP contribution in [0.15, 0.2) is 48.5 Å². The molecule has 2 aromatic carbocycles. The van der Waals surface area contributed by atoms with E-state index in [1.165, 1.54) is 0 Å². The molecule has 0 saturated carbocycles. The number of ether oxygens (including phenoxy) is 1. The molecule has 1 N–H and O–H groups in total. The molecule has 0 radical (unpaired) electrons. The fourth-order valence-corrected chi connectivity index (χ4v) is 3.16. The average Bonchev–Trinajstić information content (AvgIpc) is 2.56. The maximum Gasteiger partial charge on any atom is 0.306 e. The van der Waals surface area contributed by atoms with E-state index >= 15 is 0 Å². The van der Waals surface area contributed by atoms with Gasteiger partial charge >= 0.3 is 5.97 Å². The van der Waals surface area contributed by atoms with Gasteiger partial charge in [0, 0.05) is 23.1 Å². The monoisotopic (exact) mass is 366 g/mol. The van der Waals surface area contributed by atoms with E-state index in [1.807, 2.05) is 30.3 Å². The van der Waals surface area contributed by atoms with Crippen molar-refractivity contribution in [1.82, 2.24) is 0 Å². The molecule has 0 fully saturated rings. The van der Waals surface area contributed by atoms with Crippen LogP contribution in [0.3, 0.4) is 0 Å². The van der Waals surface area contributed by atoms with Gasteiger partial charge < -0.3 is 9.84 Å². The topological polar surface area (TPSA) is 46.5 Å². The first-order valence-corrected chi connectivity index (χ1v) is 8.44. The van der Waals surface area contributed by atoms with E-state index in [0.717, 1.165) is 11.1 Å². The minimum Gasteiger partial charge on any atom is -0.481 e. The summed E-state index contributed by atoms with van der Waals surface area (Å²) in [6.45, 7) is 1.70. The number of carbonyl (C=O) groups is 1. The van der Waals surface area contributed by atoms with Gasteiger partial charge in [-0.1, -0.05) is 54.4 Å². The summed E-state index contributed by atoms with van der Waals surface area (Å²) in [5.74, 6) is -1.46. The van der Waals surface area contributed by atoms with Crippen molar-refractivity contribution in [2.75, 3.05) is 7.11 Å². The molecule has 0 amide bonds. The first kappa shape index (κ1) is 18.8. The third-order valence-electron chi connectivity index (χ3n) is 4.12. The van der Waals surface area contributed by atoms with E-state index in [4.69, 9.17) is 27.9 Å². The SMILES string of the molecule is COC(c1ccc(Cl)cc1)C(CC(C)C(=O)O)c1cccc(Cl)c1. The minimum atomic E-state index is -0.826. The summed E-state index contributed by atoms with van der Waals surface area (Å²) in [5, 5.41) is 10.6. The summed E-state index contributed by atoms with van der Waals surface area (Å²) < 4.78 is 5.73. The summed E-state index contributed by atoms with van der Waals surface area (Å²) in [6, 6.07) is 14.9. The summed E-state index contributed by atoms with van der Waals surface area (Å²) in [5.41, 5.74) is 1.90. The fraction of sp³-hybridized carbons (Fsp3) is 0.316. The van der Waals surface area contributed by atoms with Gasteiger partial charge in [0.05, 0.1) is 12.0 Å². The maximum atomic E-state index is 11.3. The number of rotatable bonds is 7. The van der Waals surface area contributed by atoms with Crippen LogP contribution in [-0.4, -0.2) is 18.2 Å². The van der Waals surface area contributed by atoms with Crippen LogP contribution in [-0.2, 0) is 9.53 Å². The molecule has 0 aliphatic rings. The van der Waals surface area contributed by atoms with Crippen LogP contribution in [0.25, 0.3) is 0 Å². The number of aliphatic carboxylic acids is 1. The van der Waals surface area contributed by atoms with Crippen molar-refractivity contribution in [3.63, 3.8) is 0 Å². The highest BCUT2D eigenvalue weighted by Gasteiger charge is 2.29. The van der Waals surface area contributed by atoms with Crippen LogP contribution in [0.5, 0.6) is 0 Å². The van der Waals surface area contributed by atoms with E-state index in [9.17, 15) is 9.90 Å². The molecule has 3 unspecified atom stereocenters. The van der Waals surface area contributed by atoms with Crippen LogP contribution < -0.4 is 0 Å². The van der Waals surface area contributed by atoms with Crippen molar-refractivity contribution in [3.8, 4) is 0 Å². The highest BCUT2D eigenvalue weighted by atomic mass is 35.5. The first-order chi connectivity index (χ1) is 11.4. The quantitative estimate of drug-likeness (QED) is 0.695. The third-order valence-corrected chi connectivity index (χ3v) is 4.61. The molecule has 0 spiro atoms. The molecular weight excluding hydrogens is 347 g/mol. The lowest BCUT2D eigenvalue weighted by molar-refractivity contribution is -0.141.